The van der Waals surface area contributed by atoms with Crippen LogP contribution in [-0.4, -0.2) is 16.2 Å². The third-order valence-corrected chi connectivity index (χ3v) is 4.52. The first-order chi connectivity index (χ1) is 13.3. The van der Waals surface area contributed by atoms with Gasteiger partial charge < -0.3 is 14.6 Å². The second-order valence-electron chi connectivity index (χ2n) is 6.41. The summed E-state index contributed by atoms with van der Waals surface area (Å²) in [6.07, 6.45) is 0. The molecule has 2 aromatic rings. The molecule has 1 heterocycles. The summed E-state index contributed by atoms with van der Waals surface area (Å²) >= 11 is 0. The number of phenols is 1. The van der Waals surface area contributed by atoms with E-state index in [1.165, 1.54) is 6.07 Å². The van der Waals surface area contributed by atoms with Crippen molar-refractivity contribution in [1.29, 1.82) is 0 Å². The van der Waals surface area contributed by atoms with Gasteiger partial charge in [-0.25, -0.2) is 13.6 Å². The van der Waals surface area contributed by atoms with Crippen LogP contribution in [0.1, 0.15) is 15.9 Å². The number of aromatic hydroxyl groups is 1. The lowest BCUT2D eigenvalue weighted by Crippen LogP contribution is -2.07. The van der Waals surface area contributed by atoms with E-state index in [4.69, 9.17) is 4.42 Å². The monoisotopic (exact) mass is 382 g/mol. The summed E-state index contributed by atoms with van der Waals surface area (Å²) in [7, 11) is 0. The van der Waals surface area contributed by atoms with E-state index < -0.39 is 28.8 Å². The van der Waals surface area contributed by atoms with Crippen molar-refractivity contribution >= 4 is 16.9 Å². The molecule has 0 unspecified atom stereocenters. The van der Waals surface area contributed by atoms with Crippen molar-refractivity contribution in [2.75, 3.05) is 0 Å². The molecule has 7 heteroatoms. The van der Waals surface area contributed by atoms with E-state index in [1.807, 2.05) is 0 Å². The van der Waals surface area contributed by atoms with Crippen molar-refractivity contribution < 1.29 is 28.2 Å². The summed E-state index contributed by atoms with van der Waals surface area (Å²) in [5.41, 5.74) is 0.266. The molecule has 5 nitrogen and oxygen atoms in total. The molecule has 2 N–H and O–H groups in total. The summed E-state index contributed by atoms with van der Waals surface area (Å²) in [4.78, 5) is 23.5. The summed E-state index contributed by atoms with van der Waals surface area (Å²) < 4.78 is 33.7. The van der Waals surface area contributed by atoms with Gasteiger partial charge in [0.2, 0.25) is 5.43 Å². The minimum absolute atomic E-state index is 0.0160. The van der Waals surface area contributed by atoms with Crippen LogP contribution in [0.2, 0.25) is 0 Å². The quantitative estimate of drug-likeness (QED) is 0.497. The van der Waals surface area contributed by atoms with E-state index in [1.54, 1.807) is 19.1 Å². The average molecular weight is 382 g/mol. The third-order valence-electron chi connectivity index (χ3n) is 4.52. The van der Waals surface area contributed by atoms with Gasteiger partial charge in [0.25, 0.3) is 0 Å². The molecule has 1 aliphatic carbocycles. The minimum atomic E-state index is -1.22. The lowest BCUT2D eigenvalue weighted by molar-refractivity contribution is 0.0697. The van der Waals surface area contributed by atoms with Gasteiger partial charge >= 0.3 is 5.97 Å². The van der Waals surface area contributed by atoms with Gasteiger partial charge in [-0.1, -0.05) is 17.7 Å². The molecule has 0 amide bonds. The maximum atomic E-state index is 14.1. The Balaban J connectivity index is 2.28. The van der Waals surface area contributed by atoms with Crippen molar-refractivity contribution in [3.63, 3.8) is 0 Å². The molecule has 0 bridgehead atoms. The first-order valence-corrected chi connectivity index (χ1v) is 8.19. The van der Waals surface area contributed by atoms with E-state index >= 15 is 0 Å². The second-order valence-corrected chi connectivity index (χ2v) is 6.41. The van der Waals surface area contributed by atoms with Gasteiger partial charge in [-0.05, 0) is 30.7 Å². The molecule has 0 radical (unpaired) electrons. The van der Waals surface area contributed by atoms with Crippen molar-refractivity contribution in [2.24, 2.45) is 0 Å². The van der Waals surface area contributed by atoms with E-state index in [-0.39, 0.29) is 39.0 Å². The highest BCUT2D eigenvalue weighted by molar-refractivity contribution is 6.07. The molecular weight excluding hydrogens is 370 g/mol. The number of aryl methyl sites for hydroxylation is 1. The Labute approximate surface area is 156 Å². The maximum absolute atomic E-state index is 14.1. The molecular formula is C21H12F2O5. The Bertz CT molecular complexity index is 1310. The van der Waals surface area contributed by atoms with Gasteiger partial charge in [-0.15, -0.1) is 0 Å². The third kappa shape index (κ3) is 2.68. The fraction of sp³-hybridized carbons (Fsp3) is 0.0476. The summed E-state index contributed by atoms with van der Waals surface area (Å²) in [6, 6.07) is 8.46. The van der Waals surface area contributed by atoms with E-state index in [9.17, 15) is 28.6 Å². The number of fused-ring (bicyclic) bond motifs is 2. The largest absolute Gasteiger partial charge is 0.505 e. The van der Waals surface area contributed by atoms with Crippen LogP contribution in [0.4, 0.5) is 8.78 Å². The van der Waals surface area contributed by atoms with Crippen LogP contribution in [-0.2, 0) is 0 Å². The zero-order chi connectivity index (χ0) is 20.2. The highest BCUT2D eigenvalue weighted by Gasteiger charge is 2.24. The molecule has 0 saturated carbocycles. The van der Waals surface area contributed by atoms with Gasteiger partial charge in [0.05, 0.1) is 5.56 Å². The number of hydrogen-bond donors (Lipinski definition) is 2. The van der Waals surface area contributed by atoms with E-state index in [0.717, 1.165) is 29.8 Å². The number of rotatable bonds is 2. The van der Waals surface area contributed by atoms with Crippen LogP contribution < -0.4 is 5.43 Å². The fourth-order valence-electron chi connectivity index (χ4n) is 3.24. The van der Waals surface area contributed by atoms with Crippen molar-refractivity contribution in [2.45, 2.75) is 6.92 Å². The van der Waals surface area contributed by atoms with E-state index in [2.05, 4.69) is 0 Å². The minimum Gasteiger partial charge on any atom is -0.505 e. The van der Waals surface area contributed by atoms with Gasteiger partial charge in [0, 0.05) is 28.6 Å². The Morgan fingerprint density at radius 3 is 2.46 bits per heavy atom. The standard InChI is InChI=1S/C21H12F2O5/c1-9-2-3-10(21(26)27)11(4-9)20-12-5-14(22)16(24)7-18(12)28-19-8-17(25)15(23)6-13(19)20/h2-8,24H,1H3,(H,26,27). The van der Waals surface area contributed by atoms with Gasteiger partial charge in [-0.3, -0.25) is 4.79 Å². The average Bonchev–Trinajstić information content (AvgIpc) is 2.62. The maximum Gasteiger partial charge on any atom is 0.336 e. The number of carbonyl (C=O) groups is 1. The predicted molar refractivity (Wildman–Crippen MR) is 97.8 cm³/mol. The molecule has 2 aliphatic rings. The number of benzene rings is 3. The smallest absolute Gasteiger partial charge is 0.336 e. The molecule has 0 fully saturated rings. The zero-order valence-corrected chi connectivity index (χ0v) is 14.4. The molecule has 4 rings (SSSR count). The molecule has 140 valence electrons. The molecule has 0 atom stereocenters. The molecule has 0 aromatic heterocycles. The number of hydrogen-bond acceptors (Lipinski definition) is 4. The lowest BCUT2D eigenvalue weighted by Gasteiger charge is -2.17. The normalized spacial score (nSPS) is 11.2. The summed E-state index contributed by atoms with van der Waals surface area (Å²) in [5, 5.41) is 19.4. The summed E-state index contributed by atoms with van der Waals surface area (Å²) in [5.74, 6) is -3.91. The SMILES string of the molecule is Cc1ccc(C(=O)O)c(-c2c3cc(F)c(=O)cc-3oc3cc(O)c(F)cc23)c1. The fourth-order valence-corrected chi connectivity index (χ4v) is 3.24. The van der Waals surface area contributed by atoms with Crippen LogP contribution in [0.5, 0.6) is 5.75 Å². The van der Waals surface area contributed by atoms with Crippen LogP contribution in [0, 0.1) is 18.6 Å². The molecule has 1 aliphatic heterocycles. The highest BCUT2D eigenvalue weighted by Crippen LogP contribution is 2.43. The molecule has 0 saturated heterocycles. The van der Waals surface area contributed by atoms with Crippen molar-refractivity contribution in [3.8, 4) is 28.2 Å². The molecule has 28 heavy (non-hydrogen) atoms. The van der Waals surface area contributed by atoms with Gasteiger partial charge in [0.1, 0.15) is 11.3 Å². The first-order valence-electron chi connectivity index (χ1n) is 8.19. The van der Waals surface area contributed by atoms with Crippen LogP contribution in [0.3, 0.4) is 0 Å². The van der Waals surface area contributed by atoms with Crippen molar-refractivity contribution in [3.05, 3.63) is 75.4 Å². The Morgan fingerprint density at radius 1 is 1.00 bits per heavy atom. The molecule has 2 aromatic carbocycles. The number of carboxylic acid groups (broad SMARTS) is 1. The van der Waals surface area contributed by atoms with Crippen LogP contribution in [0.15, 0.2) is 51.7 Å². The Kier molecular flexibility index (Phi) is 3.88. The van der Waals surface area contributed by atoms with Gasteiger partial charge in [0.15, 0.2) is 17.4 Å². The second kappa shape index (κ2) is 6.16. The van der Waals surface area contributed by atoms with Crippen LogP contribution >= 0.6 is 0 Å². The molecule has 0 spiro atoms. The Hall–Kier alpha value is -3.74. The zero-order valence-electron chi connectivity index (χ0n) is 14.4. The number of carboxylic acids is 1. The number of phenolic OH excluding ortho intramolecular Hbond substituents is 1. The van der Waals surface area contributed by atoms with Crippen molar-refractivity contribution in [1.82, 2.24) is 0 Å². The predicted octanol–water partition coefficient (Wildman–Crippen LogP) is 4.56. The summed E-state index contributed by atoms with van der Waals surface area (Å²) in [6.45, 7) is 1.75. The number of aromatic carboxylic acids is 1. The van der Waals surface area contributed by atoms with E-state index in [0.29, 0.717) is 0 Å². The highest BCUT2D eigenvalue weighted by atomic mass is 19.1. The number of halogens is 2. The Morgan fingerprint density at radius 2 is 1.75 bits per heavy atom. The lowest BCUT2D eigenvalue weighted by atomic mass is 9.89. The van der Waals surface area contributed by atoms with Crippen LogP contribution in [0.25, 0.3) is 33.4 Å². The topological polar surface area (TPSA) is 87.7 Å². The van der Waals surface area contributed by atoms with Gasteiger partial charge in [-0.2, -0.15) is 0 Å². The first kappa shape index (κ1) is 17.7.